The molecule has 3 heteroatoms. The third kappa shape index (κ3) is 8.25. The summed E-state index contributed by atoms with van der Waals surface area (Å²) in [5, 5.41) is 0. The molecule has 1 aliphatic rings. The summed E-state index contributed by atoms with van der Waals surface area (Å²) in [6, 6.07) is 22.8. The SMILES string of the molecule is C.C.CCCC1(C)CC(c2ccccc2)C(c2ccccc2)N(CC)C1.CCl.CCl. The third-order valence-corrected chi connectivity index (χ3v) is 5.70. The van der Waals surface area contributed by atoms with Crippen molar-refractivity contribution in [2.45, 2.75) is 66.8 Å². The van der Waals surface area contributed by atoms with Crippen molar-refractivity contribution in [1.29, 1.82) is 0 Å². The first-order valence-electron chi connectivity index (χ1n) is 10.3. The van der Waals surface area contributed by atoms with E-state index in [4.69, 9.17) is 0 Å². The molecule has 0 aromatic heterocycles. The van der Waals surface area contributed by atoms with Gasteiger partial charge in [-0.1, -0.05) is 103 Å². The zero-order valence-electron chi connectivity index (χ0n) is 18.2. The average molecular weight is 455 g/mol. The number of nitrogens with zero attached hydrogens (tertiary/aromatic N) is 1. The largest absolute Gasteiger partial charge is 0.295 e. The van der Waals surface area contributed by atoms with Gasteiger partial charge in [-0.2, -0.15) is 0 Å². The quantitative estimate of drug-likeness (QED) is 0.407. The predicted molar refractivity (Wildman–Crippen MR) is 140 cm³/mol. The minimum atomic E-state index is 0. The zero-order valence-corrected chi connectivity index (χ0v) is 19.7. The maximum atomic E-state index is 4.64. The number of hydrogen-bond donors (Lipinski definition) is 0. The van der Waals surface area contributed by atoms with Crippen LogP contribution in [0.1, 0.15) is 78.0 Å². The normalized spacial score (nSPS) is 22.8. The predicted octanol–water partition coefficient (Wildman–Crippen LogP) is 9.03. The van der Waals surface area contributed by atoms with Gasteiger partial charge in [-0.05, 0) is 35.9 Å². The van der Waals surface area contributed by atoms with E-state index in [9.17, 15) is 0 Å². The minimum absolute atomic E-state index is 0. The van der Waals surface area contributed by atoms with Crippen LogP contribution in [0.15, 0.2) is 60.7 Å². The lowest BCUT2D eigenvalue weighted by atomic mass is 9.68. The van der Waals surface area contributed by atoms with Crippen molar-refractivity contribution in [3.05, 3.63) is 71.8 Å². The lowest BCUT2D eigenvalue weighted by molar-refractivity contribution is 0.0314. The molecule has 2 aromatic rings. The fourth-order valence-corrected chi connectivity index (χ4v) is 4.74. The zero-order chi connectivity index (χ0) is 21.0. The summed E-state index contributed by atoms with van der Waals surface area (Å²) in [6.07, 6.45) is 6.81. The summed E-state index contributed by atoms with van der Waals surface area (Å²) >= 11 is 9.28. The minimum Gasteiger partial charge on any atom is -0.295 e. The molecule has 3 atom stereocenters. The molecule has 0 aliphatic carbocycles. The van der Waals surface area contributed by atoms with Gasteiger partial charge in [-0.15, -0.1) is 23.2 Å². The van der Waals surface area contributed by atoms with Crippen LogP contribution in [0.4, 0.5) is 0 Å². The number of benzene rings is 2. The summed E-state index contributed by atoms with van der Waals surface area (Å²) < 4.78 is 0. The van der Waals surface area contributed by atoms with Gasteiger partial charge in [0, 0.05) is 31.3 Å². The van der Waals surface area contributed by atoms with E-state index in [-0.39, 0.29) is 14.9 Å². The highest BCUT2D eigenvalue weighted by Gasteiger charge is 2.42. The Labute approximate surface area is 197 Å². The van der Waals surface area contributed by atoms with Gasteiger partial charge in [0.15, 0.2) is 0 Å². The Hall–Kier alpha value is -1.02. The van der Waals surface area contributed by atoms with Crippen molar-refractivity contribution in [2.75, 3.05) is 25.9 Å². The van der Waals surface area contributed by atoms with Gasteiger partial charge in [-0.25, -0.2) is 0 Å². The van der Waals surface area contributed by atoms with E-state index in [1.165, 1.54) is 49.7 Å². The maximum Gasteiger partial charge on any atom is 0.0416 e. The molecule has 0 saturated carbocycles. The lowest BCUT2D eigenvalue weighted by Crippen LogP contribution is -2.47. The van der Waals surface area contributed by atoms with Gasteiger partial charge in [0.25, 0.3) is 0 Å². The fraction of sp³-hybridized carbons (Fsp3) is 0.556. The van der Waals surface area contributed by atoms with Crippen molar-refractivity contribution >= 4 is 23.2 Å². The molecule has 3 unspecified atom stereocenters. The Morgan fingerprint density at radius 1 is 0.833 bits per heavy atom. The highest BCUT2D eigenvalue weighted by molar-refractivity contribution is 6.15. The molecule has 0 N–H and O–H groups in total. The summed E-state index contributed by atoms with van der Waals surface area (Å²) in [7, 11) is 0. The first-order chi connectivity index (χ1) is 13.7. The molecule has 0 spiro atoms. The monoisotopic (exact) mass is 453 g/mol. The lowest BCUT2D eigenvalue weighted by Gasteiger charge is -2.50. The fourth-order valence-electron chi connectivity index (χ4n) is 4.74. The first kappa shape index (κ1) is 31.2. The van der Waals surface area contributed by atoms with Crippen LogP contribution < -0.4 is 0 Å². The van der Waals surface area contributed by atoms with Crippen LogP contribution in [0.2, 0.25) is 0 Å². The molecule has 1 saturated heterocycles. The number of rotatable bonds is 5. The van der Waals surface area contributed by atoms with E-state index < -0.39 is 0 Å². The van der Waals surface area contributed by atoms with Gasteiger partial charge in [0.1, 0.15) is 0 Å². The second kappa shape index (κ2) is 16.6. The van der Waals surface area contributed by atoms with E-state index in [1.807, 2.05) is 0 Å². The maximum absolute atomic E-state index is 4.64. The Kier molecular flexibility index (Phi) is 17.3. The smallest absolute Gasteiger partial charge is 0.0416 e. The van der Waals surface area contributed by atoms with E-state index in [0.717, 1.165) is 6.54 Å². The summed E-state index contributed by atoms with van der Waals surface area (Å²) in [4.78, 5) is 2.71. The molecule has 30 heavy (non-hydrogen) atoms. The average Bonchev–Trinajstić information content (AvgIpc) is 2.77. The van der Waals surface area contributed by atoms with Crippen molar-refractivity contribution in [2.24, 2.45) is 5.41 Å². The third-order valence-electron chi connectivity index (χ3n) is 5.70. The molecule has 0 amide bonds. The molecular formula is C27H45Cl2N. The van der Waals surface area contributed by atoms with Gasteiger partial charge in [-0.3, -0.25) is 4.90 Å². The number of hydrogen-bond acceptors (Lipinski definition) is 1. The Bertz CT molecular complexity index is 632. The Morgan fingerprint density at radius 3 is 1.73 bits per heavy atom. The first-order valence-corrected chi connectivity index (χ1v) is 11.8. The molecule has 1 aliphatic heterocycles. The van der Waals surface area contributed by atoms with Gasteiger partial charge >= 0.3 is 0 Å². The van der Waals surface area contributed by atoms with Crippen LogP contribution in [0, 0.1) is 5.41 Å². The van der Waals surface area contributed by atoms with Crippen molar-refractivity contribution in [3.63, 3.8) is 0 Å². The number of alkyl halides is 2. The van der Waals surface area contributed by atoms with Crippen LogP contribution in [0.25, 0.3) is 0 Å². The van der Waals surface area contributed by atoms with E-state index in [2.05, 4.69) is 110 Å². The molecule has 1 heterocycles. The second-order valence-electron chi connectivity index (χ2n) is 7.70. The van der Waals surface area contributed by atoms with Crippen LogP contribution in [-0.2, 0) is 0 Å². The summed E-state index contributed by atoms with van der Waals surface area (Å²) in [5.41, 5.74) is 3.37. The summed E-state index contributed by atoms with van der Waals surface area (Å²) in [5.74, 6) is 0.568. The van der Waals surface area contributed by atoms with Gasteiger partial charge < -0.3 is 0 Å². The number of likely N-dealkylation sites (tertiary alicyclic amines) is 1. The molecule has 0 bridgehead atoms. The van der Waals surface area contributed by atoms with Crippen LogP contribution in [0.3, 0.4) is 0 Å². The van der Waals surface area contributed by atoms with Crippen LogP contribution >= 0.6 is 23.2 Å². The molecule has 172 valence electrons. The topological polar surface area (TPSA) is 3.24 Å². The molecule has 1 fully saturated rings. The highest BCUT2D eigenvalue weighted by Crippen LogP contribution is 2.50. The Morgan fingerprint density at radius 2 is 1.30 bits per heavy atom. The van der Waals surface area contributed by atoms with E-state index in [0.29, 0.717) is 17.4 Å². The highest BCUT2D eigenvalue weighted by atomic mass is 35.5. The summed E-state index contributed by atoms with van der Waals surface area (Å²) in [6.45, 7) is 9.46. The number of halogens is 2. The van der Waals surface area contributed by atoms with Crippen molar-refractivity contribution in [1.82, 2.24) is 4.90 Å². The molecular weight excluding hydrogens is 409 g/mol. The van der Waals surface area contributed by atoms with Gasteiger partial charge in [0.05, 0.1) is 0 Å². The number of likely N-dealkylation sites (N-methyl/N-ethyl adjacent to an activating group) is 1. The second-order valence-corrected chi connectivity index (χ2v) is 7.70. The van der Waals surface area contributed by atoms with Crippen molar-refractivity contribution in [3.8, 4) is 0 Å². The molecule has 3 rings (SSSR count). The molecule has 1 nitrogen and oxygen atoms in total. The van der Waals surface area contributed by atoms with Crippen LogP contribution in [-0.4, -0.2) is 30.8 Å². The molecule has 0 radical (unpaired) electrons. The van der Waals surface area contributed by atoms with Crippen LogP contribution in [0.5, 0.6) is 0 Å². The number of piperidine rings is 1. The van der Waals surface area contributed by atoms with Gasteiger partial charge in [0.2, 0.25) is 0 Å². The van der Waals surface area contributed by atoms with Crippen molar-refractivity contribution < 1.29 is 0 Å². The van der Waals surface area contributed by atoms with E-state index in [1.54, 1.807) is 0 Å². The Balaban J connectivity index is 0. The standard InChI is InChI=1S/C23H31N.2CH3Cl.2CH4/c1-4-16-23(3)17-21(19-12-8-6-9-13-19)22(24(5-2)18-23)20-14-10-7-11-15-20;2*1-2;;/h6-15,21-22H,4-5,16-18H2,1-3H3;2*1H3;2*1H4. The molecule has 2 aromatic carbocycles. The van der Waals surface area contributed by atoms with E-state index >= 15 is 0 Å².